The first-order valence-corrected chi connectivity index (χ1v) is 10.7. The monoisotopic (exact) mass is 416 g/mol. The third-order valence-electron chi connectivity index (χ3n) is 5.66. The lowest BCUT2D eigenvalue weighted by Gasteiger charge is -2.22. The van der Waals surface area contributed by atoms with Gasteiger partial charge in [0, 0.05) is 28.6 Å². The smallest absolute Gasteiger partial charge is 0.169 e. The first kappa shape index (κ1) is 19.9. The van der Waals surface area contributed by atoms with Crippen LogP contribution in [0.3, 0.4) is 0 Å². The minimum absolute atomic E-state index is 0.298. The average Bonchev–Trinajstić information content (AvgIpc) is 2.85. The van der Waals surface area contributed by atoms with Crippen LogP contribution < -0.4 is 5.32 Å². The highest BCUT2D eigenvalue weighted by atomic mass is 15.2. The van der Waals surface area contributed by atoms with Crippen molar-refractivity contribution >= 4 is 11.7 Å². The lowest BCUT2D eigenvalue weighted by molar-refractivity contribution is 0.756. The fourth-order valence-corrected chi connectivity index (χ4v) is 4.07. The molecule has 156 valence electrons. The molecule has 1 unspecified atom stereocenters. The third kappa shape index (κ3) is 3.95. The molecule has 5 rings (SSSR count). The third-order valence-corrected chi connectivity index (χ3v) is 5.66. The lowest BCUT2D eigenvalue weighted by Crippen LogP contribution is -2.36. The van der Waals surface area contributed by atoms with Gasteiger partial charge in [0.25, 0.3) is 0 Å². The number of amidine groups is 2. The summed E-state index contributed by atoms with van der Waals surface area (Å²) in [5, 5.41) is 3.48. The maximum Gasteiger partial charge on any atom is 0.169 e. The summed E-state index contributed by atoms with van der Waals surface area (Å²) in [5.74, 6) is 1.64. The maximum absolute atomic E-state index is 4.98. The second-order valence-electron chi connectivity index (χ2n) is 7.90. The van der Waals surface area contributed by atoms with Crippen molar-refractivity contribution < 1.29 is 0 Å². The van der Waals surface area contributed by atoms with Crippen molar-refractivity contribution in [3.05, 3.63) is 125 Å². The molecule has 4 nitrogen and oxygen atoms in total. The zero-order valence-electron chi connectivity index (χ0n) is 18.2. The van der Waals surface area contributed by atoms with Gasteiger partial charge in [-0.2, -0.15) is 0 Å². The van der Waals surface area contributed by atoms with E-state index < -0.39 is 0 Å². The van der Waals surface area contributed by atoms with Crippen LogP contribution >= 0.6 is 0 Å². The van der Waals surface area contributed by atoms with Crippen LogP contribution in [0.4, 0.5) is 0 Å². The maximum atomic E-state index is 4.98. The van der Waals surface area contributed by atoms with Crippen molar-refractivity contribution in [2.24, 2.45) is 9.98 Å². The summed E-state index contributed by atoms with van der Waals surface area (Å²) in [5.41, 5.74) is 7.66. The number of aliphatic imine (C=N–C) groups is 2. The number of pyridine rings is 1. The first-order chi connectivity index (χ1) is 15.7. The summed E-state index contributed by atoms with van der Waals surface area (Å²) in [6.45, 7) is 4.18. The van der Waals surface area contributed by atoms with Crippen molar-refractivity contribution in [2.75, 3.05) is 0 Å². The van der Waals surface area contributed by atoms with Gasteiger partial charge in [0.15, 0.2) is 6.17 Å². The summed E-state index contributed by atoms with van der Waals surface area (Å²) in [4.78, 5) is 14.4. The zero-order valence-corrected chi connectivity index (χ0v) is 18.2. The van der Waals surface area contributed by atoms with Crippen molar-refractivity contribution in [2.45, 2.75) is 20.0 Å². The van der Waals surface area contributed by atoms with E-state index in [4.69, 9.17) is 9.98 Å². The van der Waals surface area contributed by atoms with Gasteiger partial charge in [0.1, 0.15) is 11.7 Å². The molecule has 32 heavy (non-hydrogen) atoms. The SMILES string of the molecule is Cc1ccnc(C)c1-c1cccc(C2=NC(c3ccccc3)N=C(c3ccccc3)N2)c1. The van der Waals surface area contributed by atoms with Crippen molar-refractivity contribution in [1.29, 1.82) is 0 Å². The Morgan fingerprint density at radius 1 is 0.656 bits per heavy atom. The highest BCUT2D eigenvalue weighted by Crippen LogP contribution is 2.28. The Morgan fingerprint density at radius 2 is 1.28 bits per heavy atom. The molecule has 3 aromatic carbocycles. The lowest BCUT2D eigenvalue weighted by atomic mass is 9.97. The Kier molecular flexibility index (Phi) is 5.34. The first-order valence-electron chi connectivity index (χ1n) is 10.7. The van der Waals surface area contributed by atoms with E-state index >= 15 is 0 Å². The van der Waals surface area contributed by atoms with Gasteiger partial charge in [-0.1, -0.05) is 78.9 Å². The fraction of sp³-hybridized carbons (Fsp3) is 0.107. The van der Waals surface area contributed by atoms with Crippen LogP contribution in [-0.2, 0) is 0 Å². The number of benzene rings is 3. The molecule has 1 N–H and O–H groups in total. The fourth-order valence-electron chi connectivity index (χ4n) is 4.07. The second kappa shape index (κ2) is 8.60. The standard InChI is InChI=1S/C28H24N4/c1-19-16-17-29-20(2)25(19)23-14-9-15-24(18-23)28-31-26(21-10-5-3-6-11-21)30-27(32-28)22-12-7-4-8-13-22/h3-18,26H,1-2H3,(H,30,31,32). The van der Waals surface area contributed by atoms with E-state index in [2.05, 4.69) is 78.7 Å². The number of hydrogen-bond acceptors (Lipinski definition) is 4. The molecule has 0 saturated carbocycles. The number of aromatic nitrogens is 1. The highest BCUT2D eigenvalue weighted by Gasteiger charge is 2.21. The van der Waals surface area contributed by atoms with Crippen LogP contribution in [0.1, 0.15) is 34.1 Å². The van der Waals surface area contributed by atoms with Gasteiger partial charge in [-0.15, -0.1) is 0 Å². The van der Waals surface area contributed by atoms with E-state index in [1.54, 1.807) is 0 Å². The Morgan fingerprint density at radius 3 is 2.00 bits per heavy atom. The van der Waals surface area contributed by atoms with Gasteiger partial charge in [0.2, 0.25) is 0 Å². The minimum Gasteiger partial charge on any atom is -0.324 e. The molecule has 0 radical (unpaired) electrons. The molecule has 4 aromatic rings. The number of aryl methyl sites for hydroxylation is 2. The van der Waals surface area contributed by atoms with Crippen LogP contribution in [0, 0.1) is 13.8 Å². The van der Waals surface area contributed by atoms with E-state index in [1.807, 2.05) is 42.6 Å². The number of nitrogens with one attached hydrogen (secondary N) is 1. The van der Waals surface area contributed by atoms with E-state index in [0.29, 0.717) is 0 Å². The molecule has 1 aliphatic heterocycles. The van der Waals surface area contributed by atoms with Crippen LogP contribution in [0.2, 0.25) is 0 Å². The number of hydrogen-bond donors (Lipinski definition) is 1. The second-order valence-corrected chi connectivity index (χ2v) is 7.90. The molecule has 0 spiro atoms. The minimum atomic E-state index is -0.298. The van der Waals surface area contributed by atoms with Gasteiger partial charge in [-0.05, 0) is 42.7 Å². The summed E-state index contributed by atoms with van der Waals surface area (Å²) >= 11 is 0. The molecule has 1 aromatic heterocycles. The Balaban J connectivity index is 1.59. The Bertz CT molecular complexity index is 1290. The number of rotatable bonds is 4. The van der Waals surface area contributed by atoms with Gasteiger partial charge < -0.3 is 5.32 Å². The average molecular weight is 417 g/mol. The Hall–Kier alpha value is -4.05. The molecule has 0 bridgehead atoms. The molecule has 0 fully saturated rings. The Labute approximate surface area is 188 Å². The quantitative estimate of drug-likeness (QED) is 0.453. The highest BCUT2D eigenvalue weighted by molar-refractivity contribution is 6.16. The molecule has 0 saturated heterocycles. The van der Waals surface area contributed by atoms with Crippen LogP contribution in [0.15, 0.2) is 107 Å². The van der Waals surface area contributed by atoms with Gasteiger partial charge >= 0.3 is 0 Å². The van der Waals surface area contributed by atoms with E-state index in [1.165, 1.54) is 11.1 Å². The molecule has 1 atom stereocenters. The molecule has 1 aliphatic rings. The summed E-state index contributed by atoms with van der Waals surface area (Å²) in [7, 11) is 0. The van der Waals surface area contributed by atoms with Crippen molar-refractivity contribution in [3.8, 4) is 11.1 Å². The van der Waals surface area contributed by atoms with E-state index in [0.717, 1.165) is 39.6 Å². The largest absolute Gasteiger partial charge is 0.324 e. The van der Waals surface area contributed by atoms with Crippen molar-refractivity contribution in [1.82, 2.24) is 10.3 Å². The summed E-state index contributed by atoms with van der Waals surface area (Å²) in [6, 6.07) is 30.9. The molecule has 0 amide bonds. The van der Waals surface area contributed by atoms with E-state index in [9.17, 15) is 0 Å². The zero-order chi connectivity index (χ0) is 21.9. The van der Waals surface area contributed by atoms with Gasteiger partial charge in [-0.3, -0.25) is 4.98 Å². The summed E-state index contributed by atoms with van der Waals surface area (Å²) in [6.07, 6.45) is 1.56. The normalized spacial score (nSPS) is 15.5. The van der Waals surface area contributed by atoms with Crippen molar-refractivity contribution in [3.63, 3.8) is 0 Å². The molecule has 4 heteroatoms. The topological polar surface area (TPSA) is 49.6 Å². The predicted octanol–water partition coefficient (Wildman–Crippen LogP) is 5.86. The van der Waals surface area contributed by atoms with Crippen LogP contribution in [0.25, 0.3) is 11.1 Å². The van der Waals surface area contributed by atoms with Crippen LogP contribution in [0.5, 0.6) is 0 Å². The van der Waals surface area contributed by atoms with Gasteiger partial charge in [-0.25, -0.2) is 9.98 Å². The molecule has 0 aliphatic carbocycles. The summed E-state index contributed by atoms with van der Waals surface area (Å²) < 4.78 is 0. The predicted molar refractivity (Wildman–Crippen MR) is 131 cm³/mol. The van der Waals surface area contributed by atoms with Gasteiger partial charge in [0.05, 0.1) is 0 Å². The molecular weight excluding hydrogens is 392 g/mol. The molecular formula is C28H24N4. The van der Waals surface area contributed by atoms with Crippen LogP contribution in [-0.4, -0.2) is 16.7 Å². The van der Waals surface area contributed by atoms with E-state index in [-0.39, 0.29) is 6.17 Å². The number of nitrogens with zero attached hydrogens (tertiary/aromatic N) is 3. The molecule has 2 heterocycles.